The highest BCUT2D eigenvalue weighted by atomic mass is 32.2. The summed E-state index contributed by atoms with van der Waals surface area (Å²) in [6.07, 6.45) is -0.334. The van der Waals surface area contributed by atoms with E-state index in [1.165, 1.54) is 16.4 Å². The summed E-state index contributed by atoms with van der Waals surface area (Å²) in [7, 11) is -4.14. The summed E-state index contributed by atoms with van der Waals surface area (Å²) in [6.45, 7) is 11.1. The molecule has 2 aliphatic rings. The third-order valence-electron chi connectivity index (χ3n) is 8.48. The van der Waals surface area contributed by atoms with Gasteiger partial charge in [-0.3, -0.25) is 4.99 Å². The second-order valence-electron chi connectivity index (χ2n) is 14.3. The van der Waals surface area contributed by atoms with Gasteiger partial charge in [0.25, 0.3) is 0 Å². The Morgan fingerprint density at radius 2 is 1.92 bits per heavy atom. The molecule has 0 saturated carbocycles. The minimum atomic E-state index is -4.14. The van der Waals surface area contributed by atoms with Gasteiger partial charge < -0.3 is 34.7 Å². The summed E-state index contributed by atoms with van der Waals surface area (Å²) >= 11 is 0. The van der Waals surface area contributed by atoms with E-state index in [-0.39, 0.29) is 60.4 Å². The number of aliphatic imine (C=N–C) groups is 1. The largest absolute Gasteiger partial charge is 0.494 e. The standard InChI is InChI=1S/C35H48N4O8S/c1-22(2)18-39(48(43,44)24-11-12-28-26(16-24)27(32(41)37-28)17-36-21-35(3,4)5)19-30(40)29(15-23-9-7-6-8-10-23)38-34(42)47-31-20-46-33-25(31)13-14-45-33/h6-12,16-17,22,25,29-31,33,37,40-41H,13-15,18-21H2,1-5H3,(H,38,42)/t25-,29-,30+,31-,33+/m0/s1. The van der Waals surface area contributed by atoms with E-state index < -0.39 is 34.4 Å². The van der Waals surface area contributed by atoms with Crippen molar-refractivity contribution in [2.45, 2.75) is 76.9 Å². The predicted octanol–water partition coefficient (Wildman–Crippen LogP) is 4.45. The number of aliphatic hydroxyl groups is 1. The van der Waals surface area contributed by atoms with Crippen LogP contribution >= 0.6 is 0 Å². The average Bonchev–Trinajstić information content (AvgIpc) is 3.72. The summed E-state index contributed by atoms with van der Waals surface area (Å²) in [5.41, 5.74) is 1.75. The molecule has 0 bridgehead atoms. The molecule has 0 radical (unpaired) electrons. The molecular weight excluding hydrogens is 636 g/mol. The Balaban J connectivity index is 1.38. The number of aliphatic hydroxyl groups excluding tert-OH is 1. The van der Waals surface area contributed by atoms with Crippen molar-refractivity contribution in [2.75, 3.05) is 32.8 Å². The van der Waals surface area contributed by atoms with Crippen LogP contribution < -0.4 is 5.32 Å². The van der Waals surface area contributed by atoms with Crippen LogP contribution in [-0.4, -0.2) is 97.6 Å². The third-order valence-corrected chi connectivity index (χ3v) is 10.3. The Morgan fingerprint density at radius 3 is 2.62 bits per heavy atom. The number of H-pyrrole nitrogens is 1. The van der Waals surface area contributed by atoms with Crippen LogP contribution in [0.25, 0.3) is 10.9 Å². The number of hydrogen-bond donors (Lipinski definition) is 4. The molecule has 2 aliphatic heterocycles. The number of rotatable bonds is 13. The summed E-state index contributed by atoms with van der Waals surface area (Å²) in [6, 6.07) is 13.1. The van der Waals surface area contributed by atoms with Crippen LogP contribution in [0.15, 0.2) is 58.4 Å². The van der Waals surface area contributed by atoms with Gasteiger partial charge in [-0.25, -0.2) is 13.2 Å². The maximum atomic E-state index is 14.2. The van der Waals surface area contributed by atoms with Crippen molar-refractivity contribution in [1.82, 2.24) is 14.6 Å². The van der Waals surface area contributed by atoms with Crippen molar-refractivity contribution in [3.63, 3.8) is 0 Å². The van der Waals surface area contributed by atoms with Gasteiger partial charge in [0, 0.05) is 36.8 Å². The van der Waals surface area contributed by atoms with E-state index in [0.29, 0.717) is 29.6 Å². The normalized spacial score (nSPS) is 21.3. The highest BCUT2D eigenvalue weighted by Crippen LogP contribution is 2.33. The number of ether oxygens (including phenoxy) is 3. The molecular formula is C35H48N4O8S. The Labute approximate surface area is 282 Å². The molecule has 2 saturated heterocycles. The highest BCUT2D eigenvalue weighted by molar-refractivity contribution is 7.89. The Bertz CT molecular complexity index is 1690. The Hall–Kier alpha value is -3.49. The molecule has 13 heteroatoms. The number of aromatic amines is 1. The highest BCUT2D eigenvalue weighted by Gasteiger charge is 2.44. The minimum absolute atomic E-state index is 0.00821. The fourth-order valence-corrected chi connectivity index (χ4v) is 7.71. The lowest BCUT2D eigenvalue weighted by atomic mass is 9.97. The van der Waals surface area contributed by atoms with Crippen molar-refractivity contribution in [2.24, 2.45) is 22.2 Å². The zero-order chi connectivity index (χ0) is 34.6. The number of aromatic nitrogens is 1. The topological polar surface area (TPSA) is 163 Å². The Kier molecular flexibility index (Phi) is 11.2. The molecule has 2 fully saturated rings. The number of benzene rings is 2. The molecule has 0 aliphatic carbocycles. The molecule has 0 spiro atoms. The summed E-state index contributed by atoms with van der Waals surface area (Å²) in [5.74, 6) is -0.223. The molecule has 262 valence electrons. The predicted molar refractivity (Wildman–Crippen MR) is 183 cm³/mol. The van der Waals surface area contributed by atoms with Crippen molar-refractivity contribution < 1.29 is 37.6 Å². The van der Waals surface area contributed by atoms with E-state index in [9.17, 15) is 23.4 Å². The molecule has 1 amide bonds. The molecule has 4 N–H and O–H groups in total. The first kappa shape index (κ1) is 35.8. The van der Waals surface area contributed by atoms with Gasteiger partial charge in [-0.15, -0.1) is 0 Å². The van der Waals surface area contributed by atoms with Crippen molar-refractivity contribution in [3.05, 3.63) is 59.7 Å². The van der Waals surface area contributed by atoms with Crippen LogP contribution in [0.1, 0.15) is 52.2 Å². The van der Waals surface area contributed by atoms with Gasteiger partial charge in [-0.05, 0) is 47.9 Å². The van der Waals surface area contributed by atoms with Crippen LogP contribution in [-0.2, 0) is 30.7 Å². The lowest BCUT2D eigenvalue weighted by Crippen LogP contribution is -2.51. The fraction of sp³-hybridized carbons (Fsp3) is 0.543. The van der Waals surface area contributed by atoms with Gasteiger partial charge in [0.2, 0.25) is 10.0 Å². The molecule has 5 atom stereocenters. The number of carbonyl (C=O) groups excluding carboxylic acids is 1. The summed E-state index contributed by atoms with van der Waals surface area (Å²) in [5, 5.41) is 25.5. The van der Waals surface area contributed by atoms with Crippen LogP contribution in [0.5, 0.6) is 5.88 Å². The quantitative estimate of drug-likeness (QED) is 0.192. The molecule has 3 aromatic rings. The molecule has 12 nitrogen and oxygen atoms in total. The van der Waals surface area contributed by atoms with Gasteiger partial charge >= 0.3 is 6.09 Å². The first-order chi connectivity index (χ1) is 22.7. The van der Waals surface area contributed by atoms with E-state index in [2.05, 4.69) is 36.1 Å². The molecule has 2 aromatic carbocycles. The number of nitrogens with zero attached hydrogens (tertiary/aromatic N) is 2. The van der Waals surface area contributed by atoms with Gasteiger partial charge in [0.1, 0.15) is 6.10 Å². The molecule has 5 rings (SSSR count). The zero-order valence-corrected chi connectivity index (χ0v) is 29.1. The average molecular weight is 685 g/mol. The van der Waals surface area contributed by atoms with E-state index in [4.69, 9.17) is 14.2 Å². The van der Waals surface area contributed by atoms with Crippen molar-refractivity contribution in [3.8, 4) is 5.88 Å². The van der Waals surface area contributed by atoms with Gasteiger partial charge in [-0.1, -0.05) is 65.0 Å². The van der Waals surface area contributed by atoms with Crippen molar-refractivity contribution >= 4 is 33.2 Å². The number of hydrogen-bond acceptors (Lipinski definition) is 9. The summed E-state index contributed by atoms with van der Waals surface area (Å²) < 4.78 is 46.5. The molecule has 1 aromatic heterocycles. The van der Waals surface area contributed by atoms with Crippen LogP contribution in [0, 0.1) is 17.3 Å². The lowest BCUT2D eigenvalue weighted by molar-refractivity contribution is -0.0907. The SMILES string of the molecule is CC(C)CN(C[C@@H](O)[C@H](Cc1ccccc1)NC(=O)O[C@H]1CO[C@H]2OCC[C@H]21)S(=O)(=O)c1ccc2[nH]c(O)c(C=NCC(C)(C)C)c2c1. The lowest BCUT2D eigenvalue weighted by Gasteiger charge is -2.31. The van der Waals surface area contributed by atoms with Gasteiger partial charge in [0.05, 0.1) is 41.7 Å². The van der Waals surface area contributed by atoms with E-state index in [1.54, 1.807) is 12.3 Å². The minimum Gasteiger partial charge on any atom is -0.494 e. The number of carbonyl (C=O) groups is 1. The maximum absolute atomic E-state index is 14.2. The van der Waals surface area contributed by atoms with Crippen LogP contribution in [0.3, 0.4) is 0 Å². The third kappa shape index (κ3) is 8.75. The number of amides is 1. The van der Waals surface area contributed by atoms with E-state index in [0.717, 1.165) is 12.0 Å². The first-order valence-corrected chi connectivity index (χ1v) is 17.9. The number of sulfonamides is 1. The van der Waals surface area contributed by atoms with Gasteiger partial charge in [0.15, 0.2) is 12.2 Å². The van der Waals surface area contributed by atoms with Crippen LogP contribution in [0.4, 0.5) is 4.79 Å². The zero-order valence-electron chi connectivity index (χ0n) is 28.3. The number of aromatic hydroxyl groups is 1. The van der Waals surface area contributed by atoms with Crippen molar-refractivity contribution in [1.29, 1.82) is 0 Å². The van der Waals surface area contributed by atoms with E-state index >= 15 is 0 Å². The van der Waals surface area contributed by atoms with E-state index in [1.807, 2.05) is 44.2 Å². The maximum Gasteiger partial charge on any atom is 0.407 e. The fourth-order valence-electron chi connectivity index (χ4n) is 6.06. The second-order valence-corrected chi connectivity index (χ2v) is 16.3. The number of nitrogens with one attached hydrogen (secondary N) is 2. The van der Waals surface area contributed by atoms with Gasteiger partial charge in [-0.2, -0.15) is 4.31 Å². The molecule has 48 heavy (non-hydrogen) atoms. The monoisotopic (exact) mass is 684 g/mol. The van der Waals surface area contributed by atoms with Crippen LogP contribution in [0.2, 0.25) is 0 Å². The summed E-state index contributed by atoms with van der Waals surface area (Å²) in [4.78, 5) is 20.5. The smallest absolute Gasteiger partial charge is 0.407 e. The molecule has 3 heterocycles. The number of fused-ring (bicyclic) bond motifs is 2. The first-order valence-electron chi connectivity index (χ1n) is 16.5. The molecule has 0 unspecified atom stereocenters. The second kappa shape index (κ2) is 15.0. The number of alkyl carbamates (subject to hydrolysis) is 1. The Morgan fingerprint density at radius 1 is 1.17 bits per heavy atom.